The van der Waals surface area contributed by atoms with Gasteiger partial charge in [-0.25, -0.2) is 9.07 Å². The number of nitrogens with zero attached hydrogens (tertiary/aromatic N) is 3. The van der Waals surface area contributed by atoms with E-state index < -0.39 is 5.82 Å². The Kier molecular flexibility index (Phi) is 5.38. The molecule has 0 aliphatic heterocycles. The third-order valence-corrected chi connectivity index (χ3v) is 4.59. The van der Waals surface area contributed by atoms with Gasteiger partial charge in [0.1, 0.15) is 5.82 Å². The van der Waals surface area contributed by atoms with Crippen molar-refractivity contribution in [2.75, 3.05) is 7.05 Å². The van der Waals surface area contributed by atoms with Gasteiger partial charge in [0.05, 0.1) is 23.1 Å². The van der Waals surface area contributed by atoms with E-state index in [2.05, 4.69) is 5.10 Å². The van der Waals surface area contributed by atoms with Crippen LogP contribution in [0.25, 0.3) is 5.69 Å². The monoisotopic (exact) mass is 371 g/mol. The van der Waals surface area contributed by atoms with Crippen LogP contribution in [0, 0.1) is 5.82 Å². The summed E-state index contributed by atoms with van der Waals surface area (Å²) in [6, 6.07) is 14.1. The maximum absolute atomic E-state index is 14.0. The fourth-order valence-corrected chi connectivity index (χ4v) is 3.11. The normalized spacial score (nSPS) is 10.8. The van der Waals surface area contributed by atoms with Crippen LogP contribution in [0.15, 0.2) is 54.7 Å². The highest BCUT2D eigenvalue weighted by Crippen LogP contribution is 2.22. The first-order valence-electron chi connectivity index (χ1n) is 8.33. The molecule has 1 aromatic heterocycles. The first-order valence-corrected chi connectivity index (χ1v) is 8.71. The molecule has 3 rings (SSSR count). The first kappa shape index (κ1) is 18.1. The highest BCUT2D eigenvalue weighted by atomic mass is 35.5. The van der Waals surface area contributed by atoms with E-state index in [0.717, 1.165) is 11.4 Å². The topological polar surface area (TPSA) is 38.1 Å². The van der Waals surface area contributed by atoms with Crippen LogP contribution in [-0.2, 0) is 13.0 Å². The molecular formula is C20H19ClFN3O. The number of para-hydroxylation sites is 1. The molecule has 2 aromatic carbocycles. The van der Waals surface area contributed by atoms with Gasteiger partial charge in [-0.3, -0.25) is 4.79 Å². The number of hydrogen-bond acceptors (Lipinski definition) is 2. The maximum atomic E-state index is 14.0. The smallest absolute Gasteiger partial charge is 0.257 e. The van der Waals surface area contributed by atoms with Gasteiger partial charge in [-0.05, 0) is 30.7 Å². The Morgan fingerprint density at radius 1 is 1.19 bits per heavy atom. The molecule has 0 saturated heterocycles. The summed E-state index contributed by atoms with van der Waals surface area (Å²) < 4.78 is 15.8. The summed E-state index contributed by atoms with van der Waals surface area (Å²) in [5, 5.41) is 4.68. The zero-order valence-electron chi connectivity index (χ0n) is 14.6. The van der Waals surface area contributed by atoms with Crippen molar-refractivity contribution in [2.45, 2.75) is 19.9 Å². The fraction of sp³-hybridized carbons (Fsp3) is 0.200. The van der Waals surface area contributed by atoms with E-state index in [9.17, 15) is 9.18 Å². The maximum Gasteiger partial charge on any atom is 0.257 e. The lowest BCUT2D eigenvalue weighted by Gasteiger charge is -2.18. The first-order chi connectivity index (χ1) is 12.5. The van der Waals surface area contributed by atoms with Crippen LogP contribution in [0.5, 0.6) is 0 Å². The van der Waals surface area contributed by atoms with Gasteiger partial charge in [-0.15, -0.1) is 0 Å². The summed E-state index contributed by atoms with van der Waals surface area (Å²) in [5.41, 5.74) is 2.51. The molecule has 134 valence electrons. The average molecular weight is 372 g/mol. The van der Waals surface area contributed by atoms with Gasteiger partial charge in [-0.1, -0.05) is 42.8 Å². The lowest BCUT2D eigenvalue weighted by atomic mass is 10.1. The second-order valence-corrected chi connectivity index (χ2v) is 6.37. The second kappa shape index (κ2) is 7.70. The van der Waals surface area contributed by atoms with E-state index >= 15 is 0 Å². The third kappa shape index (κ3) is 3.48. The van der Waals surface area contributed by atoms with Crippen molar-refractivity contribution < 1.29 is 9.18 Å². The minimum Gasteiger partial charge on any atom is -0.337 e. The lowest BCUT2D eigenvalue weighted by molar-refractivity contribution is 0.0783. The predicted molar refractivity (Wildman–Crippen MR) is 100 cm³/mol. The lowest BCUT2D eigenvalue weighted by Crippen LogP contribution is -2.27. The number of aromatic nitrogens is 2. The van der Waals surface area contributed by atoms with Gasteiger partial charge in [0.25, 0.3) is 5.91 Å². The minimum absolute atomic E-state index is 0.0873. The van der Waals surface area contributed by atoms with E-state index in [1.165, 1.54) is 11.0 Å². The van der Waals surface area contributed by atoms with Crippen LogP contribution < -0.4 is 0 Å². The summed E-state index contributed by atoms with van der Waals surface area (Å²) in [6.45, 7) is 2.06. The molecule has 0 radical (unpaired) electrons. The molecule has 0 spiro atoms. The van der Waals surface area contributed by atoms with Crippen molar-refractivity contribution in [2.24, 2.45) is 0 Å². The fourth-order valence-electron chi connectivity index (χ4n) is 2.88. The quantitative estimate of drug-likeness (QED) is 0.662. The van der Waals surface area contributed by atoms with Crippen molar-refractivity contribution in [3.05, 3.63) is 82.4 Å². The summed E-state index contributed by atoms with van der Waals surface area (Å²) in [5.74, 6) is -0.642. The van der Waals surface area contributed by atoms with Crippen LogP contribution in [0.2, 0.25) is 5.02 Å². The predicted octanol–water partition coefficient (Wildman–Crippen LogP) is 4.50. The van der Waals surface area contributed by atoms with Crippen molar-refractivity contribution in [1.82, 2.24) is 14.7 Å². The number of amides is 1. The Morgan fingerprint density at radius 3 is 2.58 bits per heavy atom. The molecule has 3 aromatic rings. The van der Waals surface area contributed by atoms with Crippen LogP contribution in [-0.4, -0.2) is 27.6 Å². The molecule has 0 saturated carbocycles. The molecule has 1 heterocycles. The molecule has 4 nitrogen and oxygen atoms in total. The van der Waals surface area contributed by atoms with E-state index in [1.54, 1.807) is 30.1 Å². The van der Waals surface area contributed by atoms with Crippen LogP contribution in [0.1, 0.15) is 28.5 Å². The molecule has 0 aliphatic carbocycles. The molecule has 26 heavy (non-hydrogen) atoms. The highest BCUT2D eigenvalue weighted by molar-refractivity contribution is 6.31. The average Bonchev–Trinajstić information content (AvgIpc) is 3.08. The summed E-state index contributed by atoms with van der Waals surface area (Å²) in [6.07, 6.45) is 2.21. The highest BCUT2D eigenvalue weighted by Gasteiger charge is 2.21. The molecule has 6 heteroatoms. The molecule has 0 aliphatic rings. The van der Waals surface area contributed by atoms with Crippen molar-refractivity contribution in [3.8, 4) is 5.69 Å². The number of hydrogen-bond donors (Lipinski definition) is 0. The zero-order chi connectivity index (χ0) is 18.7. The van der Waals surface area contributed by atoms with Gasteiger partial charge in [0.2, 0.25) is 0 Å². The largest absolute Gasteiger partial charge is 0.337 e. The number of carbonyl (C=O) groups is 1. The number of benzene rings is 2. The molecule has 0 fully saturated rings. The van der Waals surface area contributed by atoms with E-state index in [4.69, 9.17) is 11.6 Å². The minimum atomic E-state index is -0.423. The van der Waals surface area contributed by atoms with Gasteiger partial charge in [0, 0.05) is 24.2 Å². The Morgan fingerprint density at radius 2 is 1.92 bits per heavy atom. The standard InChI is InChI=1S/C20H19ClFN3O/c1-3-19-15(12-23-25(19)14-8-5-4-6-9-14)20(26)24(2)13-16-17(21)10-7-11-18(16)22/h4-12H,3,13H2,1-2H3. The molecule has 0 unspecified atom stereocenters. The second-order valence-electron chi connectivity index (χ2n) is 5.97. The van der Waals surface area contributed by atoms with E-state index in [0.29, 0.717) is 22.6 Å². The molecule has 0 atom stereocenters. The van der Waals surface area contributed by atoms with Crippen LogP contribution >= 0.6 is 11.6 Å². The molecular weight excluding hydrogens is 353 g/mol. The summed E-state index contributed by atoms with van der Waals surface area (Å²) in [7, 11) is 1.63. The van der Waals surface area contributed by atoms with E-state index in [-0.39, 0.29) is 12.5 Å². The van der Waals surface area contributed by atoms with Crippen molar-refractivity contribution in [1.29, 1.82) is 0 Å². The Labute approximate surface area is 156 Å². The number of halogens is 2. The summed E-state index contributed by atoms with van der Waals surface area (Å²) in [4.78, 5) is 14.4. The van der Waals surface area contributed by atoms with Crippen LogP contribution in [0.3, 0.4) is 0 Å². The van der Waals surface area contributed by atoms with E-state index in [1.807, 2.05) is 37.3 Å². The zero-order valence-corrected chi connectivity index (χ0v) is 15.4. The molecule has 0 bridgehead atoms. The number of carbonyl (C=O) groups excluding carboxylic acids is 1. The number of rotatable bonds is 5. The van der Waals surface area contributed by atoms with Gasteiger partial charge < -0.3 is 4.90 Å². The molecule has 0 N–H and O–H groups in total. The van der Waals surface area contributed by atoms with Gasteiger partial charge >= 0.3 is 0 Å². The van der Waals surface area contributed by atoms with Crippen LogP contribution in [0.4, 0.5) is 4.39 Å². The SMILES string of the molecule is CCc1c(C(=O)N(C)Cc2c(F)cccc2Cl)cnn1-c1ccccc1. The third-order valence-electron chi connectivity index (χ3n) is 4.24. The van der Waals surface area contributed by atoms with Crippen molar-refractivity contribution >= 4 is 17.5 Å². The summed E-state index contributed by atoms with van der Waals surface area (Å²) >= 11 is 6.07. The Bertz CT molecular complexity index is 904. The van der Waals surface area contributed by atoms with Gasteiger partial charge in [-0.2, -0.15) is 5.10 Å². The van der Waals surface area contributed by atoms with Crippen molar-refractivity contribution in [3.63, 3.8) is 0 Å². The Balaban J connectivity index is 1.89. The molecule has 1 amide bonds. The van der Waals surface area contributed by atoms with Gasteiger partial charge in [0.15, 0.2) is 0 Å². The Hall–Kier alpha value is -2.66.